The number of nitrogens with two attached hydrogens (primary N) is 1. The van der Waals surface area contributed by atoms with Crippen LogP contribution in [0.1, 0.15) is 11.9 Å². The van der Waals surface area contributed by atoms with E-state index in [4.69, 9.17) is 15.2 Å². The van der Waals surface area contributed by atoms with E-state index in [-0.39, 0.29) is 6.10 Å². The molecule has 6 heteroatoms. The lowest BCUT2D eigenvalue weighted by Crippen LogP contribution is -2.23. The van der Waals surface area contributed by atoms with Crippen LogP contribution in [0.4, 0.5) is 5.82 Å². The van der Waals surface area contributed by atoms with Crippen LogP contribution in [0.3, 0.4) is 0 Å². The summed E-state index contributed by atoms with van der Waals surface area (Å²) in [5, 5.41) is 0. The number of hydrogen-bond acceptors (Lipinski definition) is 5. The van der Waals surface area contributed by atoms with Crippen molar-refractivity contribution in [1.29, 1.82) is 0 Å². The quantitative estimate of drug-likeness (QED) is 0.875. The second kappa shape index (κ2) is 4.45. The van der Waals surface area contributed by atoms with Crippen LogP contribution in [0, 0.1) is 0 Å². The van der Waals surface area contributed by atoms with Gasteiger partial charge in [0, 0.05) is 6.20 Å². The maximum Gasteiger partial charge on any atom is 0.192 e. The van der Waals surface area contributed by atoms with Gasteiger partial charge in [0.2, 0.25) is 0 Å². The van der Waals surface area contributed by atoms with Crippen molar-refractivity contribution in [2.24, 2.45) is 0 Å². The monoisotopic (exact) mass is 307 g/mol. The van der Waals surface area contributed by atoms with Crippen molar-refractivity contribution in [3.63, 3.8) is 0 Å². The van der Waals surface area contributed by atoms with Gasteiger partial charge in [-0.3, -0.25) is 0 Å². The fraction of sp³-hybridized carbons (Fsp3) is 0.167. The minimum atomic E-state index is -0.338. The minimum absolute atomic E-state index is 0.338. The molecule has 2 heterocycles. The minimum Gasteiger partial charge on any atom is -0.485 e. The Balaban J connectivity index is 1.89. The predicted octanol–water partition coefficient (Wildman–Crippen LogP) is 2.33. The number of nitrogen functional groups attached to an aromatic ring is 1. The molecule has 1 unspecified atom stereocenters. The summed E-state index contributed by atoms with van der Waals surface area (Å²) in [6.45, 7) is 0.373. The topological polar surface area (TPSA) is 70.3 Å². The first-order chi connectivity index (χ1) is 8.74. The molecule has 1 aliphatic heterocycles. The molecule has 0 radical (unpaired) electrons. The van der Waals surface area contributed by atoms with E-state index in [2.05, 4.69) is 25.9 Å². The van der Waals surface area contributed by atoms with Crippen LogP contribution >= 0.6 is 15.9 Å². The van der Waals surface area contributed by atoms with Crippen LogP contribution in [0.15, 0.2) is 34.9 Å². The van der Waals surface area contributed by atoms with Crippen molar-refractivity contribution in [3.05, 3.63) is 40.8 Å². The standard InChI is InChI=1S/C12H10BrN3O2/c13-7-5-15-12(16-11(7)14)10-6-17-8-3-1-2-4-9(8)18-10/h1-5,10H,6H2,(H2,14,15,16). The number of anilines is 1. The third kappa shape index (κ3) is 1.99. The fourth-order valence-electron chi connectivity index (χ4n) is 1.70. The van der Waals surface area contributed by atoms with Crippen LogP contribution in [0.25, 0.3) is 0 Å². The highest BCUT2D eigenvalue weighted by atomic mass is 79.9. The molecular formula is C12H10BrN3O2. The molecule has 1 aliphatic rings. The molecule has 3 rings (SSSR count). The average molecular weight is 308 g/mol. The highest BCUT2D eigenvalue weighted by molar-refractivity contribution is 9.10. The zero-order valence-electron chi connectivity index (χ0n) is 9.34. The average Bonchev–Trinajstić information content (AvgIpc) is 2.41. The summed E-state index contributed by atoms with van der Waals surface area (Å²) in [4.78, 5) is 8.38. The van der Waals surface area contributed by atoms with Crippen LogP contribution < -0.4 is 15.2 Å². The van der Waals surface area contributed by atoms with E-state index in [1.165, 1.54) is 0 Å². The number of para-hydroxylation sites is 2. The number of benzene rings is 1. The van der Waals surface area contributed by atoms with Crippen molar-refractivity contribution in [3.8, 4) is 11.5 Å². The molecule has 2 aromatic rings. The van der Waals surface area contributed by atoms with Crippen molar-refractivity contribution in [1.82, 2.24) is 9.97 Å². The third-order valence-corrected chi connectivity index (χ3v) is 3.20. The normalized spacial score (nSPS) is 17.5. The van der Waals surface area contributed by atoms with Gasteiger partial charge < -0.3 is 15.2 Å². The molecule has 0 aliphatic carbocycles. The van der Waals surface area contributed by atoms with Gasteiger partial charge in [-0.1, -0.05) is 12.1 Å². The van der Waals surface area contributed by atoms with Crippen molar-refractivity contribution in [2.75, 3.05) is 12.3 Å². The number of hydrogen-bond donors (Lipinski definition) is 1. The summed E-state index contributed by atoms with van der Waals surface area (Å²) in [5.41, 5.74) is 5.73. The van der Waals surface area contributed by atoms with E-state index in [0.717, 1.165) is 5.75 Å². The second-order valence-corrected chi connectivity index (χ2v) is 4.68. The Labute approximate surface area is 112 Å². The Hall–Kier alpha value is -1.82. The Morgan fingerprint density at radius 1 is 1.28 bits per heavy atom. The van der Waals surface area contributed by atoms with E-state index in [0.29, 0.717) is 28.5 Å². The van der Waals surface area contributed by atoms with Gasteiger partial charge in [-0.25, -0.2) is 9.97 Å². The SMILES string of the molecule is Nc1nc(C2COc3ccccc3O2)ncc1Br. The summed E-state index contributed by atoms with van der Waals surface area (Å²) in [6.07, 6.45) is 1.27. The third-order valence-electron chi connectivity index (χ3n) is 2.59. The van der Waals surface area contributed by atoms with Crippen molar-refractivity contribution in [2.45, 2.75) is 6.10 Å². The van der Waals surface area contributed by atoms with E-state index < -0.39 is 0 Å². The number of nitrogens with zero attached hydrogens (tertiary/aromatic N) is 2. The molecule has 18 heavy (non-hydrogen) atoms. The van der Waals surface area contributed by atoms with Crippen molar-refractivity contribution >= 4 is 21.7 Å². The maximum absolute atomic E-state index is 5.79. The maximum atomic E-state index is 5.79. The highest BCUT2D eigenvalue weighted by Gasteiger charge is 2.24. The molecule has 0 saturated heterocycles. The number of aromatic nitrogens is 2. The summed E-state index contributed by atoms with van der Waals surface area (Å²) >= 11 is 3.26. The molecule has 2 N–H and O–H groups in total. The molecule has 92 valence electrons. The first-order valence-electron chi connectivity index (χ1n) is 5.40. The number of ether oxygens (including phenoxy) is 2. The number of fused-ring (bicyclic) bond motifs is 1. The van der Waals surface area contributed by atoms with Gasteiger partial charge in [-0.15, -0.1) is 0 Å². The van der Waals surface area contributed by atoms with Crippen LogP contribution in [0.2, 0.25) is 0 Å². The van der Waals surface area contributed by atoms with Crippen LogP contribution in [-0.4, -0.2) is 16.6 Å². The second-order valence-electron chi connectivity index (χ2n) is 3.83. The Kier molecular flexibility index (Phi) is 2.79. The molecule has 1 aromatic carbocycles. The van der Waals surface area contributed by atoms with Crippen LogP contribution in [-0.2, 0) is 0 Å². The van der Waals surface area contributed by atoms with E-state index in [1.54, 1.807) is 6.20 Å². The summed E-state index contributed by atoms with van der Waals surface area (Å²) < 4.78 is 12.1. The van der Waals surface area contributed by atoms with Crippen LogP contribution in [0.5, 0.6) is 11.5 Å². The zero-order valence-corrected chi connectivity index (χ0v) is 10.9. The largest absolute Gasteiger partial charge is 0.485 e. The van der Waals surface area contributed by atoms with Gasteiger partial charge in [0.25, 0.3) is 0 Å². The highest BCUT2D eigenvalue weighted by Crippen LogP contribution is 2.35. The predicted molar refractivity (Wildman–Crippen MR) is 69.5 cm³/mol. The van der Waals surface area contributed by atoms with E-state index in [9.17, 15) is 0 Å². The Morgan fingerprint density at radius 2 is 2.06 bits per heavy atom. The van der Waals surface area contributed by atoms with Gasteiger partial charge in [0.05, 0.1) is 4.47 Å². The van der Waals surface area contributed by atoms with Crippen molar-refractivity contribution < 1.29 is 9.47 Å². The number of rotatable bonds is 1. The lowest BCUT2D eigenvalue weighted by Gasteiger charge is -2.25. The molecule has 0 amide bonds. The van der Waals surface area contributed by atoms with E-state index >= 15 is 0 Å². The molecule has 0 spiro atoms. The first kappa shape index (κ1) is 11.3. The van der Waals surface area contributed by atoms with Gasteiger partial charge in [0.1, 0.15) is 12.4 Å². The zero-order chi connectivity index (χ0) is 12.5. The molecule has 0 fully saturated rings. The van der Waals surface area contributed by atoms with Gasteiger partial charge >= 0.3 is 0 Å². The summed E-state index contributed by atoms with van der Waals surface area (Å²) in [6, 6.07) is 7.50. The fourth-order valence-corrected chi connectivity index (χ4v) is 1.89. The molecule has 5 nitrogen and oxygen atoms in total. The molecule has 1 aromatic heterocycles. The molecular weight excluding hydrogens is 298 g/mol. The number of halogens is 1. The van der Waals surface area contributed by atoms with E-state index in [1.807, 2.05) is 24.3 Å². The lowest BCUT2D eigenvalue weighted by atomic mass is 10.2. The molecule has 0 saturated carbocycles. The molecule has 0 bridgehead atoms. The van der Waals surface area contributed by atoms with Gasteiger partial charge in [-0.2, -0.15) is 0 Å². The Morgan fingerprint density at radius 3 is 2.83 bits per heavy atom. The summed E-state index contributed by atoms with van der Waals surface area (Å²) in [7, 11) is 0. The smallest absolute Gasteiger partial charge is 0.192 e. The van der Waals surface area contributed by atoms with Gasteiger partial charge in [0.15, 0.2) is 23.4 Å². The lowest BCUT2D eigenvalue weighted by molar-refractivity contribution is 0.0851. The molecule has 1 atom stereocenters. The van der Waals surface area contributed by atoms with Gasteiger partial charge in [-0.05, 0) is 28.1 Å². The Bertz CT molecular complexity index is 591. The summed E-state index contributed by atoms with van der Waals surface area (Å²) in [5.74, 6) is 2.34. The first-order valence-corrected chi connectivity index (χ1v) is 6.20.